The van der Waals surface area contributed by atoms with Crippen LogP contribution >= 0.6 is 27.5 Å². The van der Waals surface area contributed by atoms with E-state index in [-0.39, 0.29) is 27.1 Å². The van der Waals surface area contributed by atoms with Crippen molar-refractivity contribution in [2.45, 2.75) is 57.9 Å². The summed E-state index contributed by atoms with van der Waals surface area (Å²) in [5.41, 5.74) is -1.05. The molecule has 3 aromatic rings. The van der Waals surface area contributed by atoms with Crippen molar-refractivity contribution in [1.82, 2.24) is 24.1 Å². The summed E-state index contributed by atoms with van der Waals surface area (Å²) in [6.07, 6.45) is -4.73. The molecule has 11 nitrogen and oxygen atoms in total. The Hall–Kier alpha value is -3.33. The first-order valence-corrected chi connectivity index (χ1v) is 14.3. The van der Waals surface area contributed by atoms with Gasteiger partial charge in [0, 0.05) is 32.1 Å². The fourth-order valence-corrected chi connectivity index (χ4v) is 5.85. The molecule has 2 aliphatic heterocycles. The summed E-state index contributed by atoms with van der Waals surface area (Å²) < 4.78 is 47.7. The Morgan fingerprint density at radius 3 is 2.40 bits per heavy atom. The Balaban J connectivity index is 1.48. The van der Waals surface area contributed by atoms with Crippen LogP contribution in [0.4, 0.5) is 29.3 Å². The predicted molar refractivity (Wildman–Crippen MR) is 152 cm³/mol. The average Bonchev–Trinajstić information content (AvgIpc) is 3.44. The molecule has 2 unspecified atom stereocenters. The smallest absolute Gasteiger partial charge is 0.416 e. The molecule has 1 aromatic carbocycles. The molecule has 226 valence electrons. The van der Waals surface area contributed by atoms with E-state index in [4.69, 9.17) is 16.3 Å². The van der Waals surface area contributed by atoms with E-state index in [1.54, 1.807) is 30.2 Å². The zero-order valence-electron chi connectivity index (χ0n) is 23.1. The summed E-state index contributed by atoms with van der Waals surface area (Å²) >= 11 is 9.31. The summed E-state index contributed by atoms with van der Waals surface area (Å²) in [5, 5.41) is 6.57. The molecule has 42 heavy (non-hydrogen) atoms. The van der Waals surface area contributed by atoms with E-state index in [1.165, 1.54) is 0 Å². The minimum absolute atomic E-state index is 0.0222. The van der Waals surface area contributed by atoms with Gasteiger partial charge in [0.25, 0.3) is 5.56 Å². The van der Waals surface area contributed by atoms with Gasteiger partial charge in [0.1, 0.15) is 17.3 Å². The van der Waals surface area contributed by atoms with Crippen LogP contribution in [0.2, 0.25) is 5.02 Å². The van der Waals surface area contributed by atoms with Gasteiger partial charge in [0.2, 0.25) is 16.4 Å². The number of hydrogen-bond acceptors (Lipinski definition) is 7. The van der Waals surface area contributed by atoms with Crippen molar-refractivity contribution in [3.05, 3.63) is 49.6 Å². The van der Waals surface area contributed by atoms with Crippen LogP contribution in [0, 0.1) is 0 Å². The molecular formula is C26H28BrClF3N7O4. The molecule has 1 saturated heterocycles. The van der Waals surface area contributed by atoms with Crippen molar-refractivity contribution in [3.63, 3.8) is 0 Å². The number of ether oxygens (including phenoxy) is 1. The molecule has 2 atom stereocenters. The molecule has 2 aliphatic rings. The molecule has 5 rings (SSSR count). The highest BCUT2D eigenvalue weighted by Crippen LogP contribution is 2.42. The van der Waals surface area contributed by atoms with Crippen LogP contribution in [-0.4, -0.2) is 67.8 Å². The maximum Gasteiger partial charge on any atom is 0.416 e. The van der Waals surface area contributed by atoms with E-state index in [0.29, 0.717) is 44.0 Å². The average molecular weight is 675 g/mol. The fraction of sp³-hybridized carbons (Fsp3) is 0.500. The van der Waals surface area contributed by atoms with Crippen molar-refractivity contribution in [3.8, 4) is 0 Å². The lowest BCUT2D eigenvalue weighted by molar-refractivity contribution is -0.137. The van der Waals surface area contributed by atoms with Gasteiger partial charge in [-0.15, -0.1) is 5.10 Å². The standard InChI is InChI=1S/C26H28BrClF3N7O4/c1-13-11-17(20(39)32-16-6-5-14(12-15(16)28)26(29,30)31)37-18(13)19(21(40)38-23(37)33-22(27)34-38)35-7-9-36(10-8-35)24(41)42-25(2,3)4/h5-6,12-13,17H,7-11H2,1-4H3,(H,32,39). The SMILES string of the molecule is CC1CC(C(=O)Nc2ccc(C(F)(F)F)cc2Cl)n2c1c(N1CCN(C(=O)OC(C)(C)C)CC1)c(=O)n1nc(Br)nc21. The number of rotatable bonds is 3. The highest BCUT2D eigenvalue weighted by Gasteiger charge is 2.41. The maximum atomic E-state index is 13.7. The van der Waals surface area contributed by atoms with Crippen molar-refractivity contribution >= 4 is 56.7 Å². The molecule has 0 spiro atoms. The summed E-state index contributed by atoms with van der Waals surface area (Å²) in [6, 6.07) is 1.83. The Kier molecular flexibility index (Phi) is 7.71. The minimum Gasteiger partial charge on any atom is -0.444 e. The fourth-order valence-electron chi connectivity index (χ4n) is 5.30. The van der Waals surface area contributed by atoms with Crippen molar-refractivity contribution < 1.29 is 27.5 Å². The number of fused-ring (bicyclic) bond motifs is 3. The Morgan fingerprint density at radius 2 is 1.81 bits per heavy atom. The normalized spacial score (nSPS) is 19.3. The number of nitrogens with zero attached hydrogens (tertiary/aromatic N) is 6. The Labute approximate surface area is 251 Å². The molecule has 16 heteroatoms. The van der Waals surface area contributed by atoms with E-state index in [9.17, 15) is 27.6 Å². The number of aromatic nitrogens is 4. The van der Waals surface area contributed by atoms with Crippen LogP contribution < -0.4 is 15.8 Å². The van der Waals surface area contributed by atoms with E-state index in [1.807, 2.05) is 11.8 Å². The van der Waals surface area contributed by atoms with E-state index in [2.05, 4.69) is 31.3 Å². The number of piperazine rings is 1. The molecule has 0 saturated carbocycles. The molecule has 1 N–H and O–H groups in total. The molecule has 0 radical (unpaired) electrons. The lowest BCUT2D eigenvalue weighted by Gasteiger charge is -2.37. The summed E-state index contributed by atoms with van der Waals surface area (Å²) in [5.74, 6) is -0.662. The lowest BCUT2D eigenvalue weighted by Crippen LogP contribution is -2.51. The van der Waals surface area contributed by atoms with Gasteiger partial charge in [-0.3, -0.25) is 14.2 Å². The minimum atomic E-state index is -4.58. The van der Waals surface area contributed by atoms with Crippen molar-refractivity contribution in [1.29, 1.82) is 0 Å². The van der Waals surface area contributed by atoms with Gasteiger partial charge in [-0.25, -0.2) is 4.79 Å². The van der Waals surface area contributed by atoms with Crippen LogP contribution in [0.5, 0.6) is 0 Å². The number of hydrogen-bond donors (Lipinski definition) is 1. The van der Waals surface area contributed by atoms with E-state index in [0.717, 1.165) is 22.7 Å². The number of benzene rings is 1. The van der Waals surface area contributed by atoms with Gasteiger partial charge >= 0.3 is 12.3 Å². The first-order valence-electron chi connectivity index (χ1n) is 13.2. The third-order valence-electron chi connectivity index (χ3n) is 7.14. The number of carbonyl (C=O) groups excluding carboxylic acids is 2. The number of nitrogens with one attached hydrogen (secondary N) is 1. The molecular weight excluding hydrogens is 647 g/mol. The Bertz CT molecular complexity index is 1630. The number of carbonyl (C=O) groups is 2. The summed E-state index contributed by atoms with van der Waals surface area (Å²) in [7, 11) is 0. The molecule has 0 aliphatic carbocycles. The van der Waals surface area contributed by atoms with Crippen LogP contribution in [0.3, 0.4) is 0 Å². The van der Waals surface area contributed by atoms with Gasteiger partial charge in [-0.1, -0.05) is 18.5 Å². The second-order valence-electron chi connectivity index (χ2n) is 11.3. The van der Waals surface area contributed by atoms with Gasteiger partial charge in [0.05, 0.1) is 22.0 Å². The number of alkyl halides is 3. The highest BCUT2D eigenvalue weighted by molar-refractivity contribution is 9.10. The first-order chi connectivity index (χ1) is 19.5. The second-order valence-corrected chi connectivity index (χ2v) is 12.4. The monoisotopic (exact) mass is 673 g/mol. The Morgan fingerprint density at radius 1 is 1.14 bits per heavy atom. The number of anilines is 2. The molecule has 0 bridgehead atoms. The molecule has 1 fully saturated rings. The van der Waals surface area contributed by atoms with Gasteiger partial charge in [0.15, 0.2) is 0 Å². The van der Waals surface area contributed by atoms with Crippen LogP contribution in [0.25, 0.3) is 5.78 Å². The zero-order chi connectivity index (χ0) is 30.7. The topological polar surface area (TPSA) is 114 Å². The quantitative estimate of drug-likeness (QED) is 0.413. The summed E-state index contributed by atoms with van der Waals surface area (Å²) in [4.78, 5) is 47.7. The highest BCUT2D eigenvalue weighted by atomic mass is 79.9. The molecule has 2 aromatic heterocycles. The maximum absolute atomic E-state index is 13.7. The third kappa shape index (κ3) is 5.68. The number of halogens is 5. The first kappa shape index (κ1) is 30.1. The van der Waals surface area contributed by atoms with Gasteiger partial charge in [-0.2, -0.15) is 22.7 Å². The summed E-state index contributed by atoms with van der Waals surface area (Å²) in [6.45, 7) is 8.56. The van der Waals surface area contributed by atoms with Crippen LogP contribution in [0.1, 0.15) is 57.3 Å². The van der Waals surface area contributed by atoms with Gasteiger partial charge in [-0.05, 0) is 61.3 Å². The van der Waals surface area contributed by atoms with Crippen molar-refractivity contribution in [2.75, 3.05) is 36.4 Å². The van der Waals surface area contributed by atoms with Crippen LogP contribution in [0.15, 0.2) is 27.7 Å². The largest absolute Gasteiger partial charge is 0.444 e. The molecule has 4 heterocycles. The predicted octanol–water partition coefficient (Wildman–Crippen LogP) is 5.07. The van der Waals surface area contributed by atoms with Crippen LogP contribution in [-0.2, 0) is 15.7 Å². The van der Waals surface area contributed by atoms with E-state index >= 15 is 0 Å². The van der Waals surface area contributed by atoms with E-state index < -0.39 is 40.9 Å². The van der Waals surface area contributed by atoms with Crippen molar-refractivity contribution in [2.24, 2.45) is 0 Å². The van der Waals surface area contributed by atoms with Gasteiger partial charge < -0.3 is 19.9 Å². The second kappa shape index (κ2) is 10.7. The molecule has 2 amide bonds. The lowest BCUT2D eigenvalue weighted by atomic mass is 10.0. The number of amides is 2. The third-order valence-corrected chi connectivity index (χ3v) is 7.79. The zero-order valence-corrected chi connectivity index (χ0v) is 25.5.